The number of rotatable bonds is 0. The topological polar surface area (TPSA) is 26.3 Å². The van der Waals surface area contributed by atoms with Crippen LogP contribution in [0.25, 0.3) is 0 Å². The fourth-order valence-electron chi connectivity index (χ4n) is 0.385. The average molecular weight is 258 g/mol. The first-order valence-electron chi connectivity index (χ1n) is 6.63. The van der Waals surface area contributed by atoms with Crippen molar-refractivity contribution < 1.29 is 9.53 Å². The molecule has 0 heterocycles. The first kappa shape index (κ1) is 30.1. The van der Waals surface area contributed by atoms with Gasteiger partial charge in [-0.1, -0.05) is 77.9 Å². The van der Waals surface area contributed by atoms with Crippen LogP contribution in [0.15, 0.2) is 36.4 Å². The summed E-state index contributed by atoms with van der Waals surface area (Å²) in [5.41, 5.74) is 0. The number of ether oxygens (including phenoxy) is 1. The second-order valence-electron chi connectivity index (χ2n) is 1.80. The molecule has 0 aromatic heterocycles. The van der Waals surface area contributed by atoms with Crippen LogP contribution < -0.4 is 0 Å². The molecule has 0 radical (unpaired) electrons. The molecule has 0 atom stereocenters. The molecule has 0 aliphatic heterocycles. The second-order valence-corrected chi connectivity index (χ2v) is 1.80. The molecule has 0 spiro atoms. The number of benzene rings is 1. The van der Waals surface area contributed by atoms with Crippen LogP contribution in [-0.2, 0) is 9.53 Å². The predicted molar refractivity (Wildman–Crippen MR) is 85.2 cm³/mol. The Balaban J connectivity index is -0.0000000413. The molecule has 1 rings (SSSR count). The Bertz CT molecular complexity index is 124. The molecule has 18 heavy (non-hydrogen) atoms. The molecule has 0 N–H and O–H groups in total. The Kier molecular flexibility index (Phi) is 125. The van der Waals surface area contributed by atoms with E-state index in [-0.39, 0.29) is 0 Å². The van der Waals surface area contributed by atoms with E-state index in [1.165, 1.54) is 6.92 Å². The largest absolute Gasteiger partial charge is 0.388 e. The van der Waals surface area contributed by atoms with Crippen LogP contribution in [0, 0.1) is 0 Å². The summed E-state index contributed by atoms with van der Waals surface area (Å²) in [4.78, 5) is 8.81. The Morgan fingerprint density at radius 3 is 0.778 bits per heavy atom. The maximum Gasteiger partial charge on any atom is 0.116 e. The molecule has 1 aromatic carbocycles. The number of methoxy groups -OCH3 is 1. The fourth-order valence-corrected chi connectivity index (χ4v) is 0.385. The predicted octanol–water partition coefficient (Wildman–Crippen LogP) is 5.23. The van der Waals surface area contributed by atoms with Gasteiger partial charge in [0.1, 0.15) is 6.29 Å². The van der Waals surface area contributed by atoms with E-state index in [1.54, 1.807) is 14.2 Å². The summed E-state index contributed by atoms with van der Waals surface area (Å²) in [6, 6.07) is 12.0. The van der Waals surface area contributed by atoms with E-state index in [2.05, 4.69) is 4.74 Å². The normalized spacial score (nSPS) is 5.39. The number of hydrogen-bond donors (Lipinski definition) is 0. The van der Waals surface area contributed by atoms with E-state index in [4.69, 9.17) is 4.79 Å². The highest BCUT2D eigenvalue weighted by molar-refractivity contribution is 5.44. The average Bonchev–Trinajstić information content (AvgIpc) is 2.49. The van der Waals surface area contributed by atoms with Gasteiger partial charge in [0.15, 0.2) is 0 Å². The zero-order valence-electron chi connectivity index (χ0n) is 13.9. The number of carbonyl (C=O) groups is 1. The lowest BCUT2D eigenvalue weighted by atomic mass is 10.4. The van der Waals surface area contributed by atoms with Crippen molar-refractivity contribution in [3.05, 3.63) is 36.4 Å². The first-order valence-corrected chi connectivity index (χ1v) is 6.63. The third kappa shape index (κ3) is 121. The van der Waals surface area contributed by atoms with E-state index in [9.17, 15) is 0 Å². The monoisotopic (exact) mass is 258 g/mol. The van der Waals surface area contributed by atoms with Gasteiger partial charge in [-0.15, -0.1) is 0 Å². The maximum absolute atomic E-state index is 8.81. The van der Waals surface area contributed by atoms with E-state index >= 15 is 0 Å². The summed E-state index contributed by atoms with van der Waals surface area (Å²) in [7, 11) is 3.25. The fraction of sp³-hybridized carbons (Fsp3) is 0.562. The summed E-state index contributed by atoms with van der Waals surface area (Å²) < 4.78 is 4.25. The van der Waals surface area contributed by atoms with E-state index in [0.29, 0.717) is 0 Å². The van der Waals surface area contributed by atoms with Crippen molar-refractivity contribution in [3.8, 4) is 0 Å². The van der Waals surface area contributed by atoms with Crippen molar-refractivity contribution in [1.82, 2.24) is 0 Å². The molecule has 110 valence electrons. The van der Waals surface area contributed by atoms with Gasteiger partial charge in [-0.3, -0.25) is 0 Å². The van der Waals surface area contributed by atoms with Gasteiger partial charge in [-0.05, 0) is 6.92 Å². The number of carbonyl (C=O) groups excluding carboxylic acids is 1. The van der Waals surface area contributed by atoms with Crippen LogP contribution in [0.5, 0.6) is 0 Å². The zero-order chi connectivity index (χ0) is 15.7. The smallest absolute Gasteiger partial charge is 0.116 e. The minimum absolute atomic E-state index is 0.750. The molecule has 2 nitrogen and oxygen atoms in total. The van der Waals surface area contributed by atoms with Gasteiger partial charge in [0.2, 0.25) is 0 Å². The minimum Gasteiger partial charge on any atom is -0.388 e. The van der Waals surface area contributed by atoms with Crippen LogP contribution >= 0.6 is 0 Å². The molecule has 0 saturated heterocycles. The minimum atomic E-state index is 0.750. The molecule has 0 amide bonds. The Morgan fingerprint density at radius 2 is 0.722 bits per heavy atom. The highest BCUT2D eigenvalue weighted by atomic mass is 16.4. The van der Waals surface area contributed by atoms with Crippen LogP contribution in [0.2, 0.25) is 0 Å². The van der Waals surface area contributed by atoms with Crippen molar-refractivity contribution in [2.24, 2.45) is 0 Å². The van der Waals surface area contributed by atoms with Crippen LogP contribution in [0.3, 0.4) is 0 Å². The molecule has 0 aliphatic rings. The van der Waals surface area contributed by atoms with E-state index in [0.717, 1.165) is 6.29 Å². The molecule has 2 heteroatoms. The van der Waals surface area contributed by atoms with Crippen LogP contribution in [0.4, 0.5) is 0 Å². The highest BCUT2D eigenvalue weighted by Crippen LogP contribution is 1.79. The van der Waals surface area contributed by atoms with E-state index in [1.807, 2.05) is 77.9 Å². The number of hydrogen-bond acceptors (Lipinski definition) is 2. The summed E-state index contributed by atoms with van der Waals surface area (Å²) in [5, 5.41) is 0. The lowest BCUT2D eigenvalue weighted by molar-refractivity contribution is -0.106. The van der Waals surface area contributed by atoms with E-state index < -0.39 is 0 Å². The van der Waals surface area contributed by atoms with Gasteiger partial charge in [0, 0.05) is 14.2 Å². The van der Waals surface area contributed by atoms with Gasteiger partial charge < -0.3 is 9.53 Å². The second kappa shape index (κ2) is 74.5. The van der Waals surface area contributed by atoms with Crippen molar-refractivity contribution in [2.75, 3.05) is 14.2 Å². The van der Waals surface area contributed by atoms with Crippen molar-refractivity contribution in [2.45, 2.75) is 48.5 Å². The Labute approximate surface area is 115 Å². The quantitative estimate of drug-likeness (QED) is 0.595. The summed E-state index contributed by atoms with van der Waals surface area (Å²) in [6.45, 7) is 13.4. The van der Waals surface area contributed by atoms with Crippen molar-refractivity contribution in [3.63, 3.8) is 0 Å². The van der Waals surface area contributed by atoms with Gasteiger partial charge in [0.25, 0.3) is 0 Å². The summed E-state index contributed by atoms with van der Waals surface area (Å²) in [6.07, 6.45) is 0.750. The molecular weight excluding hydrogens is 224 g/mol. The summed E-state index contributed by atoms with van der Waals surface area (Å²) in [5.74, 6) is 0. The lowest BCUT2D eigenvalue weighted by Gasteiger charge is -1.69. The van der Waals surface area contributed by atoms with Crippen molar-refractivity contribution >= 4 is 6.29 Å². The molecule has 0 unspecified atom stereocenters. The Morgan fingerprint density at radius 1 is 0.667 bits per heavy atom. The SMILES string of the molecule is CC.CC.CC.CC=O.COC.c1ccccc1. The van der Waals surface area contributed by atoms with Crippen LogP contribution in [-0.4, -0.2) is 20.5 Å². The molecule has 0 aliphatic carbocycles. The van der Waals surface area contributed by atoms with Crippen molar-refractivity contribution in [1.29, 1.82) is 0 Å². The first-order chi connectivity index (χ1) is 8.83. The Hall–Kier alpha value is -1.15. The molecule has 0 fully saturated rings. The molecule has 1 aromatic rings. The zero-order valence-corrected chi connectivity index (χ0v) is 13.9. The maximum atomic E-state index is 8.81. The standard InChI is InChI=1S/C6H6.C2H6O.C2H4O.3C2H6/c1-2-4-6-5-3-1;1-3-2;1-2-3;3*1-2/h1-6H;1-2H3;2H,1H3;3*1-2H3. The third-order valence-electron chi connectivity index (χ3n) is 0.667. The van der Waals surface area contributed by atoms with Crippen LogP contribution in [0.1, 0.15) is 48.5 Å². The molecular formula is C16H34O2. The molecule has 0 saturated carbocycles. The lowest BCUT2D eigenvalue weighted by Crippen LogP contribution is -1.55. The van der Waals surface area contributed by atoms with Gasteiger partial charge in [-0.25, -0.2) is 0 Å². The van der Waals surface area contributed by atoms with Gasteiger partial charge >= 0.3 is 0 Å². The molecule has 0 bridgehead atoms. The number of aldehydes is 1. The summed E-state index contributed by atoms with van der Waals surface area (Å²) >= 11 is 0. The highest BCUT2D eigenvalue weighted by Gasteiger charge is 1.57. The van der Waals surface area contributed by atoms with Gasteiger partial charge in [0.05, 0.1) is 0 Å². The third-order valence-corrected chi connectivity index (χ3v) is 0.667. The van der Waals surface area contributed by atoms with Gasteiger partial charge in [-0.2, -0.15) is 0 Å².